The number of nitrogens with zero attached hydrogens (tertiary/aromatic N) is 3. The predicted octanol–water partition coefficient (Wildman–Crippen LogP) is 4.65. The molecular formula is C23H27N3O2. The zero-order chi connectivity index (χ0) is 19.3. The maximum absolute atomic E-state index is 5.93. The molecule has 0 spiro atoms. The molecule has 3 heterocycles. The number of oxazole rings is 1. The van der Waals surface area contributed by atoms with Crippen LogP contribution in [0.4, 0.5) is 0 Å². The van der Waals surface area contributed by atoms with E-state index in [9.17, 15) is 0 Å². The molecule has 4 rings (SSSR count). The van der Waals surface area contributed by atoms with Crippen molar-refractivity contribution < 1.29 is 9.15 Å². The number of rotatable bonds is 7. The number of pyridine rings is 1. The summed E-state index contributed by atoms with van der Waals surface area (Å²) in [6.07, 6.45) is 5.32. The normalized spacial score (nSPS) is 17.1. The summed E-state index contributed by atoms with van der Waals surface area (Å²) in [5.74, 6) is 2.40. The maximum atomic E-state index is 5.93. The molecule has 0 bridgehead atoms. The van der Waals surface area contributed by atoms with E-state index in [1.165, 1.54) is 19.4 Å². The van der Waals surface area contributed by atoms with E-state index in [1.54, 1.807) is 6.20 Å². The van der Waals surface area contributed by atoms with Crippen LogP contribution < -0.4 is 4.74 Å². The summed E-state index contributed by atoms with van der Waals surface area (Å²) < 4.78 is 11.7. The van der Waals surface area contributed by atoms with Crippen LogP contribution in [0, 0.1) is 6.92 Å². The van der Waals surface area contributed by atoms with E-state index in [0.717, 1.165) is 41.4 Å². The van der Waals surface area contributed by atoms with Gasteiger partial charge in [-0.2, -0.15) is 0 Å². The monoisotopic (exact) mass is 377 g/mol. The first-order valence-corrected chi connectivity index (χ1v) is 10.0. The van der Waals surface area contributed by atoms with Gasteiger partial charge < -0.3 is 14.1 Å². The van der Waals surface area contributed by atoms with Gasteiger partial charge in [0, 0.05) is 30.8 Å². The highest BCUT2D eigenvalue weighted by molar-refractivity contribution is 5.55. The molecule has 0 radical (unpaired) electrons. The van der Waals surface area contributed by atoms with Crippen LogP contribution in [0.15, 0.2) is 53.1 Å². The number of benzene rings is 1. The molecule has 5 heteroatoms. The van der Waals surface area contributed by atoms with Crippen molar-refractivity contribution in [2.24, 2.45) is 0 Å². The molecular weight excluding hydrogens is 350 g/mol. The molecule has 1 aliphatic rings. The van der Waals surface area contributed by atoms with Crippen LogP contribution in [-0.2, 0) is 13.0 Å². The Kier molecular flexibility index (Phi) is 5.72. The third-order valence-corrected chi connectivity index (χ3v) is 5.43. The summed E-state index contributed by atoms with van der Waals surface area (Å²) in [7, 11) is 0. The quantitative estimate of drug-likeness (QED) is 0.600. The van der Waals surface area contributed by atoms with Crippen molar-refractivity contribution in [2.45, 2.75) is 45.8 Å². The molecule has 1 aliphatic heterocycles. The summed E-state index contributed by atoms with van der Waals surface area (Å²) in [4.78, 5) is 11.6. The van der Waals surface area contributed by atoms with Crippen LogP contribution in [0.5, 0.6) is 5.75 Å². The third kappa shape index (κ3) is 4.42. The van der Waals surface area contributed by atoms with Crippen LogP contribution in [0.3, 0.4) is 0 Å². The Morgan fingerprint density at radius 1 is 1.18 bits per heavy atom. The van der Waals surface area contributed by atoms with Crippen molar-refractivity contribution in [3.8, 4) is 17.2 Å². The Bertz CT molecular complexity index is 890. The van der Waals surface area contributed by atoms with Gasteiger partial charge in [-0.05, 0) is 69.6 Å². The molecule has 1 saturated heterocycles. The summed E-state index contributed by atoms with van der Waals surface area (Å²) in [6, 6.07) is 14.4. The summed E-state index contributed by atoms with van der Waals surface area (Å²) >= 11 is 0. The van der Waals surface area contributed by atoms with E-state index < -0.39 is 0 Å². The first-order valence-electron chi connectivity index (χ1n) is 10.0. The van der Waals surface area contributed by atoms with E-state index >= 15 is 0 Å². The van der Waals surface area contributed by atoms with E-state index in [-0.39, 0.29) is 0 Å². The number of aryl methyl sites for hydroxylation is 1. The zero-order valence-corrected chi connectivity index (χ0v) is 16.6. The Morgan fingerprint density at radius 3 is 2.75 bits per heavy atom. The first kappa shape index (κ1) is 18.7. The van der Waals surface area contributed by atoms with Crippen molar-refractivity contribution >= 4 is 0 Å². The van der Waals surface area contributed by atoms with Crippen molar-refractivity contribution in [3.05, 3.63) is 65.8 Å². The molecule has 1 aromatic carbocycles. The minimum Gasteiger partial charge on any atom is -0.487 e. The number of ether oxygens (including phenoxy) is 1. The fourth-order valence-corrected chi connectivity index (χ4v) is 3.69. The highest BCUT2D eigenvalue weighted by Gasteiger charge is 2.21. The molecule has 1 atom stereocenters. The number of hydrogen-bond acceptors (Lipinski definition) is 5. The highest BCUT2D eigenvalue weighted by Crippen LogP contribution is 2.25. The molecule has 2 aromatic heterocycles. The second-order valence-electron chi connectivity index (χ2n) is 7.43. The van der Waals surface area contributed by atoms with E-state index in [2.05, 4.69) is 16.8 Å². The standard InChI is InChI=1S/C23H27N3O2/c1-17-6-5-14-26(17)15-12-22-18(2)28-23(25-22)19-8-10-21(11-9-19)27-16-20-7-3-4-13-24-20/h3-4,7-11,13,17H,5-6,12,14-16H2,1-2H3. The largest absolute Gasteiger partial charge is 0.487 e. The van der Waals surface area contributed by atoms with Crippen LogP contribution in [0.2, 0.25) is 0 Å². The molecule has 0 aliphatic carbocycles. The zero-order valence-electron chi connectivity index (χ0n) is 16.6. The number of likely N-dealkylation sites (tertiary alicyclic amines) is 1. The van der Waals surface area contributed by atoms with Gasteiger partial charge in [-0.3, -0.25) is 4.98 Å². The Labute approximate surface area is 166 Å². The maximum Gasteiger partial charge on any atom is 0.226 e. The van der Waals surface area contributed by atoms with Gasteiger partial charge in [0.25, 0.3) is 0 Å². The fourth-order valence-electron chi connectivity index (χ4n) is 3.69. The molecule has 0 saturated carbocycles. The van der Waals surface area contributed by atoms with Crippen LogP contribution in [0.25, 0.3) is 11.5 Å². The van der Waals surface area contributed by atoms with Crippen LogP contribution >= 0.6 is 0 Å². The molecule has 146 valence electrons. The van der Waals surface area contributed by atoms with Crippen LogP contribution in [-0.4, -0.2) is 34.0 Å². The number of aromatic nitrogens is 2. The van der Waals surface area contributed by atoms with Gasteiger partial charge >= 0.3 is 0 Å². The lowest BCUT2D eigenvalue weighted by atomic mass is 10.2. The minimum absolute atomic E-state index is 0.456. The van der Waals surface area contributed by atoms with E-state index in [4.69, 9.17) is 14.1 Å². The molecule has 1 fully saturated rings. The molecule has 0 amide bonds. The molecule has 3 aromatic rings. The van der Waals surface area contributed by atoms with Gasteiger partial charge in [-0.1, -0.05) is 6.07 Å². The molecule has 5 nitrogen and oxygen atoms in total. The molecule has 0 N–H and O–H groups in total. The van der Waals surface area contributed by atoms with E-state index in [0.29, 0.717) is 18.5 Å². The van der Waals surface area contributed by atoms with Crippen molar-refractivity contribution in [1.29, 1.82) is 0 Å². The lowest BCUT2D eigenvalue weighted by molar-refractivity contribution is 0.271. The van der Waals surface area contributed by atoms with E-state index in [1.807, 2.05) is 49.4 Å². The highest BCUT2D eigenvalue weighted by atomic mass is 16.5. The Balaban J connectivity index is 1.37. The van der Waals surface area contributed by atoms with Crippen molar-refractivity contribution in [1.82, 2.24) is 14.9 Å². The second-order valence-corrected chi connectivity index (χ2v) is 7.43. The SMILES string of the molecule is Cc1oc(-c2ccc(OCc3ccccn3)cc2)nc1CCN1CCCC1C. The average molecular weight is 377 g/mol. The molecule has 1 unspecified atom stereocenters. The van der Waals surface area contributed by atoms with Crippen molar-refractivity contribution in [2.75, 3.05) is 13.1 Å². The summed E-state index contributed by atoms with van der Waals surface area (Å²) in [5.41, 5.74) is 2.94. The average Bonchev–Trinajstić information content (AvgIpc) is 3.31. The summed E-state index contributed by atoms with van der Waals surface area (Å²) in [6.45, 7) is 7.02. The minimum atomic E-state index is 0.456. The topological polar surface area (TPSA) is 51.4 Å². The van der Waals surface area contributed by atoms with Crippen molar-refractivity contribution in [3.63, 3.8) is 0 Å². The molecule has 28 heavy (non-hydrogen) atoms. The van der Waals surface area contributed by atoms with Gasteiger partial charge in [0.15, 0.2) is 0 Å². The predicted molar refractivity (Wildman–Crippen MR) is 109 cm³/mol. The van der Waals surface area contributed by atoms with Gasteiger partial charge in [0.05, 0.1) is 11.4 Å². The van der Waals surface area contributed by atoms with Gasteiger partial charge in [0.1, 0.15) is 18.1 Å². The smallest absolute Gasteiger partial charge is 0.226 e. The lowest BCUT2D eigenvalue weighted by Gasteiger charge is -2.20. The van der Waals surface area contributed by atoms with Gasteiger partial charge in [-0.25, -0.2) is 4.98 Å². The second kappa shape index (κ2) is 8.57. The Morgan fingerprint density at radius 2 is 2.04 bits per heavy atom. The third-order valence-electron chi connectivity index (χ3n) is 5.43. The van der Waals surface area contributed by atoms with Crippen LogP contribution in [0.1, 0.15) is 36.9 Å². The fraction of sp³-hybridized carbons (Fsp3) is 0.391. The summed E-state index contributed by atoms with van der Waals surface area (Å²) in [5, 5.41) is 0. The van der Waals surface area contributed by atoms with Gasteiger partial charge in [-0.15, -0.1) is 0 Å². The van der Waals surface area contributed by atoms with Gasteiger partial charge in [0.2, 0.25) is 5.89 Å². The lowest BCUT2D eigenvalue weighted by Crippen LogP contribution is -2.29. The first-order chi connectivity index (χ1) is 13.7. The Hall–Kier alpha value is -2.66. The number of hydrogen-bond donors (Lipinski definition) is 0.